The highest BCUT2D eigenvalue weighted by atomic mass is 16.1. The van der Waals surface area contributed by atoms with Gasteiger partial charge in [-0.3, -0.25) is 4.79 Å². The van der Waals surface area contributed by atoms with Gasteiger partial charge in [0.05, 0.1) is 0 Å². The number of amides is 1. The van der Waals surface area contributed by atoms with Crippen LogP contribution >= 0.6 is 0 Å². The fourth-order valence-corrected chi connectivity index (χ4v) is 3.05. The standard InChI is InChI=1S/C17H27N3O/c1-5-18-14-6-7-15(12(2)10-14)17(21)19-16-8-9-20(4)11-13(16)3/h6-7,10,13,16,18H,5,8-9,11H2,1-4H3,(H,19,21). The molecule has 1 aromatic rings. The molecule has 0 bridgehead atoms. The van der Waals surface area contributed by atoms with Gasteiger partial charge in [0.2, 0.25) is 0 Å². The number of rotatable bonds is 4. The maximum atomic E-state index is 12.5. The number of nitrogens with zero attached hydrogens (tertiary/aromatic N) is 1. The minimum atomic E-state index is 0.0527. The van der Waals surface area contributed by atoms with Gasteiger partial charge in [-0.15, -0.1) is 0 Å². The molecule has 0 aromatic heterocycles. The molecule has 2 atom stereocenters. The summed E-state index contributed by atoms with van der Waals surface area (Å²) >= 11 is 0. The summed E-state index contributed by atoms with van der Waals surface area (Å²) in [5.74, 6) is 0.547. The van der Waals surface area contributed by atoms with Crippen molar-refractivity contribution in [3.63, 3.8) is 0 Å². The van der Waals surface area contributed by atoms with Crippen LogP contribution in [0.5, 0.6) is 0 Å². The van der Waals surface area contributed by atoms with Crippen molar-refractivity contribution >= 4 is 11.6 Å². The van der Waals surface area contributed by atoms with E-state index in [1.54, 1.807) is 0 Å². The molecule has 1 heterocycles. The number of carbonyl (C=O) groups excluding carboxylic acids is 1. The average Bonchev–Trinajstić information content (AvgIpc) is 2.42. The lowest BCUT2D eigenvalue weighted by Crippen LogP contribution is -2.48. The van der Waals surface area contributed by atoms with E-state index in [0.29, 0.717) is 5.92 Å². The van der Waals surface area contributed by atoms with E-state index in [9.17, 15) is 4.79 Å². The number of hydrogen-bond acceptors (Lipinski definition) is 3. The second-order valence-corrected chi connectivity index (χ2v) is 6.17. The van der Waals surface area contributed by atoms with Crippen LogP contribution in [0.4, 0.5) is 5.69 Å². The molecule has 1 aliphatic rings. The fourth-order valence-electron chi connectivity index (χ4n) is 3.05. The second kappa shape index (κ2) is 6.94. The van der Waals surface area contributed by atoms with Crippen LogP contribution in [0, 0.1) is 12.8 Å². The Hall–Kier alpha value is -1.55. The predicted octanol–water partition coefficient (Wildman–Crippen LogP) is 2.50. The van der Waals surface area contributed by atoms with Gasteiger partial charge in [0.1, 0.15) is 0 Å². The van der Waals surface area contributed by atoms with Crippen LogP contribution < -0.4 is 10.6 Å². The Bertz CT molecular complexity index is 501. The summed E-state index contributed by atoms with van der Waals surface area (Å²) in [7, 11) is 2.14. The first-order chi connectivity index (χ1) is 10.0. The first kappa shape index (κ1) is 15.8. The zero-order valence-electron chi connectivity index (χ0n) is 13.6. The van der Waals surface area contributed by atoms with Crippen molar-refractivity contribution in [2.75, 3.05) is 32.0 Å². The third-order valence-corrected chi connectivity index (χ3v) is 4.28. The van der Waals surface area contributed by atoms with Crippen molar-refractivity contribution in [2.24, 2.45) is 5.92 Å². The van der Waals surface area contributed by atoms with Crippen molar-refractivity contribution in [3.05, 3.63) is 29.3 Å². The molecule has 2 unspecified atom stereocenters. The Morgan fingerprint density at radius 2 is 2.19 bits per heavy atom. The third-order valence-electron chi connectivity index (χ3n) is 4.28. The molecule has 2 N–H and O–H groups in total. The van der Waals surface area contributed by atoms with Gasteiger partial charge in [-0.25, -0.2) is 0 Å². The average molecular weight is 289 g/mol. The minimum Gasteiger partial charge on any atom is -0.385 e. The van der Waals surface area contributed by atoms with E-state index < -0.39 is 0 Å². The van der Waals surface area contributed by atoms with Crippen LogP contribution in [-0.4, -0.2) is 43.5 Å². The summed E-state index contributed by atoms with van der Waals surface area (Å²) in [6.07, 6.45) is 1.03. The van der Waals surface area contributed by atoms with Gasteiger partial charge >= 0.3 is 0 Å². The second-order valence-electron chi connectivity index (χ2n) is 6.17. The van der Waals surface area contributed by atoms with Crippen molar-refractivity contribution in [1.82, 2.24) is 10.2 Å². The molecule has 1 amide bonds. The molecule has 21 heavy (non-hydrogen) atoms. The van der Waals surface area contributed by atoms with Crippen molar-refractivity contribution in [2.45, 2.75) is 33.2 Å². The Kier molecular flexibility index (Phi) is 5.23. The molecule has 1 saturated heterocycles. The fraction of sp³-hybridized carbons (Fsp3) is 0.588. The molecule has 1 fully saturated rings. The van der Waals surface area contributed by atoms with Gasteiger partial charge in [0, 0.05) is 30.4 Å². The maximum absolute atomic E-state index is 12.5. The molecule has 116 valence electrons. The number of piperidine rings is 1. The smallest absolute Gasteiger partial charge is 0.251 e. The third kappa shape index (κ3) is 3.97. The number of anilines is 1. The highest BCUT2D eigenvalue weighted by Crippen LogP contribution is 2.18. The highest BCUT2D eigenvalue weighted by molar-refractivity contribution is 5.96. The van der Waals surface area contributed by atoms with E-state index in [-0.39, 0.29) is 11.9 Å². The molecule has 4 nitrogen and oxygen atoms in total. The molecular weight excluding hydrogens is 262 g/mol. The Labute approximate surface area is 127 Å². The van der Waals surface area contributed by atoms with Gasteiger partial charge in [0.15, 0.2) is 0 Å². The van der Waals surface area contributed by atoms with Gasteiger partial charge in [0.25, 0.3) is 5.91 Å². The van der Waals surface area contributed by atoms with Crippen LogP contribution in [0.25, 0.3) is 0 Å². The van der Waals surface area contributed by atoms with Crippen molar-refractivity contribution in [1.29, 1.82) is 0 Å². The van der Waals surface area contributed by atoms with Crippen LogP contribution in [0.2, 0.25) is 0 Å². The lowest BCUT2D eigenvalue weighted by atomic mass is 9.93. The normalized spacial score (nSPS) is 22.9. The number of hydrogen-bond donors (Lipinski definition) is 2. The number of benzene rings is 1. The van der Waals surface area contributed by atoms with Crippen LogP contribution in [0.1, 0.15) is 36.2 Å². The van der Waals surface area contributed by atoms with Gasteiger partial charge in [-0.1, -0.05) is 6.92 Å². The summed E-state index contributed by atoms with van der Waals surface area (Å²) in [6.45, 7) is 9.25. The molecule has 1 aliphatic heterocycles. The van der Waals surface area contributed by atoms with Crippen LogP contribution in [-0.2, 0) is 0 Å². The van der Waals surface area contributed by atoms with E-state index in [0.717, 1.165) is 42.9 Å². The number of carbonyl (C=O) groups is 1. The quantitative estimate of drug-likeness (QED) is 0.895. The lowest BCUT2D eigenvalue weighted by Gasteiger charge is -2.35. The van der Waals surface area contributed by atoms with Crippen molar-refractivity contribution < 1.29 is 4.79 Å². The Balaban J connectivity index is 2.03. The minimum absolute atomic E-state index is 0.0527. The van der Waals surface area contributed by atoms with Crippen molar-refractivity contribution in [3.8, 4) is 0 Å². The zero-order valence-corrected chi connectivity index (χ0v) is 13.6. The van der Waals surface area contributed by atoms with Gasteiger partial charge in [-0.2, -0.15) is 0 Å². The first-order valence-corrected chi connectivity index (χ1v) is 7.85. The summed E-state index contributed by atoms with van der Waals surface area (Å²) in [5, 5.41) is 6.48. The summed E-state index contributed by atoms with van der Waals surface area (Å²) < 4.78 is 0. The molecule has 0 aliphatic carbocycles. The topological polar surface area (TPSA) is 44.4 Å². The first-order valence-electron chi connectivity index (χ1n) is 7.85. The monoisotopic (exact) mass is 289 g/mol. The lowest BCUT2D eigenvalue weighted by molar-refractivity contribution is 0.0883. The van der Waals surface area contributed by atoms with E-state index in [2.05, 4.69) is 36.4 Å². The van der Waals surface area contributed by atoms with E-state index in [1.807, 2.05) is 25.1 Å². The van der Waals surface area contributed by atoms with E-state index in [4.69, 9.17) is 0 Å². The Morgan fingerprint density at radius 1 is 1.43 bits per heavy atom. The number of likely N-dealkylation sites (tertiary alicyclic amines) is 1. The van der Waals surface area contributed by atoms with Crippen LogP contribution in [0.3, 0.4) is 0 Å². The largest absolute Gasteiger partial charge is 0.385 e. The highest BCUT2D eigenvalue weighted by Gasteiger charge is 2.26. The van der Waals surface area contributed by atoms with E-state index in [1.165, 1.54) is 0 Å². The molecule has 0 radical (unpaired) electrons. The maximum Gasteiger partial charge on any atom is 0.251 e. The van der Waals surface area contributed by atoms with Gasteiger partial charge in [-0.05, 0) is 63.5 Å². The molecule has 0 spiro atoms. The molecule has 2 rings (SSSR count). The molecule has 1 aromatic carbocycles. The number of nitrogens with one attached hydrogen (secondary N) is 2. The SMILES string of the molecule is CCNc1ccc(C(=O)NC2CCN(C)CC2C)c(C)c1. The summed E-state index contributed by atoms with van der Waals surface area (Å²) in [6, 6.07) is 6.21. The van der Waals surface area contributed by atoms with Crippen LogP contribution in [0.15, 0.2) is 18.2 Å². The molecule has 0 saturated carbocycles. The van der Waals surface area contributed by atoms with Gasteiger partial charge < -0.3 is 15.5 Å². The number of aryl methyl sites for hydroxylation is 1. The molecule has 4 heteroatoms. The molecular formula is C17H27N3O. The predicted molar refractivity (Wildman–Crippen MR) is 87.9 cm³/mol. The Morgan fingerprint density at radius 3 is 2.81 bits per heavy atom. The zero-order chi connectivity index (χ0) is 15.4. The summed E-state index contributed by atoms with van der Waals surface area (Å²) in [4.78, 5) is 14.8. The van der Waals surface area contributed by atoms with E-state index >= 15 is 0 Å². The summed E-state index contributed by atoms with van der Waals surface area (Å²) in [5.41, 5.74) is 2.87.